The molecule has 1 heterocycles. The highest BCUT2D eigenvalue weighted by Crippen LogP contribution is 2.44. The lowest BCUT2D eigenvalue weighted by atomic mass is 9.92. The molecular weight excluding hydrogens is 631 g/mol. The molecule has 0 unspecified atom stereocenters. The molecule has 0 amide bonds. The quantitative estimate of drug-likeness (QED) is 0.176. The Morgan fingerprint density at radius 2 is 1.10 bits per heavy atom. The fourth-order valence-corrected chi connectivity index (χ4v) is 7.92. The van der Waals surface area contributed by atoms with Gasteiger partial charge in [0.2, 0.25) is 0 Å². The van der Waals surface area contributed by atoms with Crippen LogP contribution >= 0.6 is 0 Å². The molecule has 0 aliphatic heterocycles. The van der Waals surface area contributed by atoms with Crippen LogP contribution in [0.15, 0.2) is 198 Å². The van der Waals surface area contributed by atoms with Crippen LogP contribution in [0.4, 0.5) is 11.4 Å². The first kappa shape index (κ1) is 30.2. The lowest BCUT2D eigenvalue weighted by Crippen LogP contribution is -2.20. The Morgan fingerprint density at radius 3 is 1.92 bits per heavy atom. The van der Waals surface area contributed by atoms with Gasteiger partial charge < -0.3 is 9.32 Å². The van der Waals surface area contributed by atoms with E-state index in [0.717, 1.165) is 46.2 Å². The Bertz CT molecular complexity index is 2840. The minimum atomic E-state index is 0.909. The largest absolute Gasteiger partial charge is 0.456 e. The standard InChI is InChI=1S/C50H35NO/c1-2-13-36(14-3-1)43-18-8-10-20-47(43)51(42-27-24-35(25-28-42)40-23-22-34-12-4-5-15-37(34)30-40)48-21-11-9-19-44(48)41-26-29-49-45(32-41)46-31-38-16-6-7-17-39(38)33-50(46)52-49/h1-10,12-20,22-33H,11,21H2. The molecule has 10 rings (SSSR count). The SMILES string of the molecule is C1=CC(c2ccc3oc4cc5ccccc5cc4c3c2)=C(N(c2ccc(-c3ccc4ccccc4c3)cc2)c2ccccc2-c2ccccc2)CC1. The molecule has 0 N–H and O–H groups in total. The average molecular weight is 666 g/mol. The Morgan fingerprint density at radius 1 is 0.442 bits per heavy atom. The van der Waals surface area contributed by atoms with E-state index in [1.165, 1.54) is 60.6 Å². The van der Waals surface area contributed by atoms with Crippen LogP contribution in [0.3, 0.4) is 0 Å². The number of benzene rings is 8. The van der Waals surface area contributed by atoms with Gasteiger partial charge in [0.15, 0.2) is 0 Å². The molecule has 0 saturated heterocycles. The fourth-order valence-electron chi connectivity index (χ4n) is 7.92. The van der Waals surface area contributed by atoms with Crippen LogP contribution in [0.5, 0.6) is 0 Å². The summed E-state index contributed by atoms with van der Waals surface area (Å²) in [4.78, 5) is 2.50. The van der Waals surface area contributed by atoms with Crippen molar-refractivity contribution in [1.82, 2.24) is 0 Å². The zero-order chi connectivity index (χ0) is 34.4. The topological polar surface area (TPSA) is 16.4 Å². The van der Waals surface area contributed by atoms with E-state index in [9.17, 15) is 0 Å². The van der Waals surface area contributed by atoms with Gasteiger partial charge in [-0.2, -0.15) is 0 Å². The number of furan rings is 1. The van der Waals surface area contributed by atoms with Crippen molar-refractivity contribution in [3.8, 4) is 22.3 Å². The molecule has 0 fully saturated rings. The number of fused-ring (bicyclic) bond motifs is 5. The molecule has 0 spiro atoms. The van der Waals surface area contributed by atoms with Crippen molar-refractivity contribution in [2.75, 3.05) is 4.90 Å². The van der Waals surface area contributed by atoms with Gasteiger partial charge in [0.05, 0.1) is 5.69 Å². The van der Waals surface area contributed by atoms with Crippen LogP contribution in [0.25, 0.3) is 71.3 Å². The fraction of sp³-hybridized carbons (Fsp3) is 0.0400. The maximum absolute atomic E-state index is 6.41. The van der Waals surface area contributed by atoms with E-state index in [1.54, 1.807) is 0 Å². The molecule has 1 aromatic heterocycles. The van der Waals surface area contributed by atoms with E-state index in [4.69, 9.17) is 4.42 Å². The minimum Gasteiger partial charge on any atom is -0.456 e. The van der Waals surface area contributed by atoms with Crippen molar-refractivity contribution in [3.05, 3.63) is 199 Å². The van der Waals surface area contributed by atoms with Gasteiger partial charge in [-0.05, 0) is 105 Å². The van der Waals surface area contributed by atoms with Crippen LogP contribution in [0.2, 0.25) is 0 Å². The molecule has 9 aromatic rings. The van der Waals surface area contributed by atoms with Gasteiger partial charge in [0, 0.05) is 33.3 Å². The van der Waals surface area contributed by atoms with E-state index in [0.29, 0.717) is 0 Å². The second kappa shape index (κ2) is 12.6. The van der Waals surface area contributed by atoms with Gasteiger partial charge in [-0.1, -0.05) is 140 Å². The summed E-state index contributed by atoms with van der Waals surface area (Å²) in [5.74, 6) is 0. The number of nitrogens with zero attached hydrogens (tertiary/aromatic N) is 1. The molecule has 0 bridgehead atoms. The first-order valence-electron chi connectivity index (χ1n) is 18.1. The maximum Gasteiger partial charge on any atom is 0.136 e. The first-order valence-corrected chi connectivity index (χ1v) is 18.1. The van der Waals surface area contributed by atoms with Gasteiger partial charge in [-0.25, -0.2) is 0 Å². The number of para-hydroxylation sites is 1. The van der Waals surface area contributed by atoms with E-state index in [1.807, 2.05) is 0 Å². The van der Waals surface area contributed by atoms with E-state index in [2.05, 4.69) is 193 Å². The maximum atomic E-state index is 6.41. The van der Waals surface area contributed by atoms with Crippen LogP contribution in [-0.4, -0.2) is 0 Å². The molecule has 2 heteroatoms. The molecular formula is C50H35NO. The molecule has 52 heavy (non-hydrogen) atoms. The molecule has 246 valence electrons. The highest BCUT2D eigenvalue weighted by atomic mass is 16.3. The Balaban J connectivity index is 1.15. The van der Waals surface area contributed by atoms with Crippen LogP contribution in [0.1, 0.15) is 18.4 Å². The molecule has 0 radical (unpaired) electrons. The Labute approximate surface area is 303 Å². The van der Waals surface area contributed by atoms with Crippen molar-refractivity contribution >= 4 is 60.4 Å². The van der Waals surface area contributed by atoms with Crippen LogP contribution < -0.4 is 4.90 Å². The summed E-state index contributed by atoms with van der Waals surface area (Å²) in [6, 6.07) is 63.6. The molecule has 0 atom stereocenters. The van der Waals surface area contributed by atoms with E-state index >= 15 is 0 Å². The smallest absolute Gasteiger partial charge is 0.136 e. The zero-order valence-electron chi connectivity index (χ0n) is 28.7. The predicted molar refractivity (Wildman–Crippen MR) is 220 cm³/mol. The molecule has 1 aliphatic carbocycles. The summed E-state index contributed by atoms with van der Waals surface area (Å²) < 4.78 is 6.41. The zero-order valence-corrected chi connectivity index (χ0v) is 28.7. The number of anilines is 2. The van der Waals surface area contributed by atoms with Crippen LogP contribution in [-0.2, 0) is 0 Å². The third-order valence-electron chi connectivity index (χ3n) is 10.5. The predicted octanol–water partition coefficient (Wildman–Crippen LogP) is 14.1. The molecule has 1 aliphatic rings. The monoisotopic (exact) mass is 665 g/mol. The Kier molecular flexibility index (Phi) is 7.32. The van der Waals surface area contributed by atoms with Gasteiger partial charge in [0.1, 0.15) is 11.2 Å². The van der Waals surface area contributed by atoms with E-state index < -0.39 is 0 Å². The highest BCUT2D eigenvalue weighted by Gasteiger charge is 2.24. The first-order chi connectivity index (χ1) is 25.8. The minimum absolute atomic E-state index is 0.909. The van der Waals surface area contributed by atoms with Crippen molar-refractivity contribution in [3.63, 3.8) is 0 Å². The third kappa shape index (κ3) is 5.28. The second-order valence-electron chi connectivity index (χ2n) is 13.6. The number of hydrogen-bond donors (Lipinski definition) is 0. The van der Waals surface area contributed by atoms with Crippen LogP contribution in [0, 0.1) is 0 Å². The summed E-state index contributed by atoms with van der Waals surface area (Å²) >= 11 is 0. The number of rotatable bonds is 6. The van der Waals surface area contributed by atoms with Gasteiger partial charge in [-0.15, -0.1) is 0 Å². The average Bonchev–Trinajstić information content (AvgIpc) is 3.57. The lowest BCUT2D eigenvalue weighted by Gasteiger charge is -2.33. The second-order valence-corrected chi connectivity index (χ2v) is 13.6. The summed E-state index contributed by atoms with van der Waals surface area (Å²) in [7, 11) is 0. The van der Waals surface area contributed by atoms with Gasteiger partial charge in [-0.3, -0.25) is 0 Å². The third-order valence-corrected chi connectivity index (χ3v) is 10.5. The van der Waals surface area contributed by atoms with E-state index in [-0.39, 0.29) is 0 Å². The van der Waals surface area contributed by atoms with Gasteiger partial charge in [0.25, 0.3) is 0 Å². The summed E-state index contributed by atoms with van der Waals surface area (Å²) in [5.41, 5.74) is 12.6. The highest BCUT2D eigenvalue weighted by molar-refractivity contribution is 6.11. The summed E-state index contributed by atoms with van der Waals surface area (Å²) in [6.45, 7) is 0. The van der Waals surface area contributed by atoms with Crippen molar-refractivity contribution < 1.29 is 4.42 Å². The van der Waals surface area contributed by atoms with Crippen molar-refractivity contribution in [2.45, 2.75) is 12.8 Å². The van der Waals surface area contributed by atoms with Crippen molar-refractivity contribution in [2.24, 2.45) is 0 Å². The molecule has 0 saturated carbocycles. The van der Waals surface area contributed by atoms with Crippen molar-refractivity contribution in [1.29, 1.82) is 0 Å². The molecule has 2 nitrogen and oxygen atoms in total. The Hall–Kier alpha value is -6.64. The van der Waals surface area contributed by atoms with Gasteiger partial charge >= 0.3 is 0 Å². The normalized spacial score (nSPS) is 13.1. The number of hydrogen-bond acceptors (Lipinski definition) is 2. The number of allylic oxidation sites excluding steroid dienone is 4. The molecule has 8 aromatic carbocycles. The lowest BCUT2D eigenvalue weighted by molar-refractivity contribution is 0.669. The summed E-state index contributed by atoms with van der Waals surface area (Å²) in [6.07, 6.45) is 6.52. The summed E-state index contributed by atoms with van der Waals surface area (Å²) in [5, 5.41) is 7.20.